The van der Waals surface area contributed by atoms with E-state index in [-0.39, 0.29) is 0 Å². The van der Waals surface area contributed by atoms with E-state index in [1.807, 2.05) is 24.3 Å². The van der Waals surface area contributed by atoms with Crippen LogP contribution in [0.1, 0.15) is 11.3 Å². The molecule has 0 saturated carbocycles. The number of rotatable bonds is 0. The van der Waals surface area contributed by atoms with Gasteiger partial charge in [-0.25, -0.2) is 0 Å². The van der Waals surface area contributed by atoms with Crippen LogP contribution in [0.25, 0.3) is 45.1 Å². The molecule has 4 heteroatoms. The Morgan fingerprint density at radius 1 is 0.818 bits per heavy atom. The predicted molar refractivity (Wildman–Crippen MR) is 95.8 cm³/mol. The van der Waals surface area contributed by atoms with Crippen molar-refractivity contribution < 1.29 is 8.83 Å². The Balaban J connectivity index is 1.93. The molecule has 2 aromatic heterocycles. The first kappa shape index (κ1) is 12.7. The standard InChI is InChI=1S/C18H7Br2O2/c19-9-1-3-15-11(5-9)13-7-18-14(8-17(13)21-15)12-6-10(20)2-4-16(12)22-18/h1,3-8H/q+1. The fourth-order valence-electron chi connectivity index (χ4n) is 2.94. The molecule has 4 aromatic rings. The number of fused-ring (bicyclic) bond motifs is 6. The zero-order valence-electron chi connectivity index (χ0n) is 11.1. The summed E-state index contributed by atoms with van der Waals surface area (Å²) >= 11 is 6.98. The van der Waals surface area contributed by atoms with Gasteiger partial charge in [0.15, 0.2) is 10.1 Å². The van der Waals surface area contributed by atoms with Crippen LogP contribution in [0.5, 0.6) is 0 Å². The third kappa shape index (κ3) is 1.69. The van der Waals surface area contributed by atoms with Gasteiger partial charge >= 0.3 is 0 Å². The maximum absolute atomic E-state index is 5.98. The van der Waals surface area contributed by atoms with E-state index < -0.39 is 0 Å². The van der Waals surface area contributed by atoms with Gasteiger partial charge in [-0.05, 0) is 46.3 Å². The highest BCUT2D eigenvalue weighted by Gasteiger charge is 2.23. The lowest BCUT2D eigenvalue weighted by Crippen LogP contribution is -1.80. The molecule has 1 aliphatic rings. The zero-order chi connectivity index (χ0) is 14.8. The van der Waals surface area contributed by atoms with Gasteiger partial charge < -0.3 is 8.83 Å². The molecule has 104 valence electrons. The van der Waals surface area contributed by atoms with Crippen LogP contribution in [0.15, 0.2) is 48.1 Å². The summed E-state index contributed by atoms with van der Waals surface area (Å²) in [5.74, 6) is 0.830. The molecule has 2 aromatic carbocycles. The van der Waals surface area contributed by atoms with Crippen molar-refractivity contribution in [2.45, 2.75) is 0 Å². The van der Waals surface area contributed by atoms with Crippen molar-refractivity contribution in [1.82, 2.24) is 0 Å². The molecule has 5 rings (SSSR count). The van der Waals surface area contributed by atoms with Crippen molar-refractivity contribution in [3.05, 3.63) is 56.7 Å². The highest BCUT2D eigenvalue weighted by Crippen LogP contribution is 2.38. The minimum atomic E-state index is 0.830. The van der Waals surface area contributed by atoms with Gasteiger partial charge in [0, 0.05) is 15.2 Å². The van der Waals surface area contributed by atoms with E-state index in [4.69, 9.17) is 8.83 Å². The third-order valence-corrected chi connectivity index (χ3v) is 4.87. The monoisotopic (exact) mass is 413 g/mol. The van der Waals surface area contributed by atoms with E-state index in [9.17, 15) is 0 Å². The van der Waals surface area contributed by atoms with Crippen molar-refractivity contribution in [3.8, 4) is 0 Å². The number of halogens is 2. The summed E-state index contributed by atoms with van der Waals surface area (Å²) in [7, 11) is 0. The highest BCUT2D eigenvalue weighted by molar-refractivity contribution is 9.12. The average molecular weight is 415 g/mol. The molecule has 2 heterocycles. The van der Waals surface area contributed by atoms with E-state index in [1.54, 1.807) is 0 Å². The lowest BCUT2D eigenvalue weighted by atomic mass is 10.1. The number of benzene rings is 2. The predicted octanol–water partition coefficient (Wildman–Crippen LogP) is 6.66. The first-order valence-electron chi connectivity index (χ1n) is 6.74. The molecule has 22 heavy (non-hydrogen) atoms. The second-order valence-electron chi connectivity index (χ2n) is 5.25. The van der Waals surface area contributed by atoms with Crippen molar-refractivity contribution >= 4 is 76.9 Å². The molecular weight excluding hydrogens is 408 g/mol. The minimum absolute atomic E-state index is 0.830. The van der Waals surface area contributed by atoms with Gasteiger partial charge in [0.05, 0.1) is 17.5 Å². The van der Waals surface area contributed by atoms with E-state index in [1.165, 1.54) is 0 Å². The summed E-state index contributed by atoms with van der Waals surface area (Å²) in [6.45, 7) is 0. The zero-order valence-corrected chi connectivity index (χ0v) is 14.3. The van der Waals surface area contributed by atoms with E-state index in [0.717, 1.165) is 53.2 Å². The molecule has 0 aliphatic heterocycles. The summed E-state index contributed by atoms with van der Waals surface area (Å²) in [6.07, 6.45) is 6.98. The average Bonchev–Trinajstić information content (AvgIpc) is 3.02. The van der Waals surface area contributed by atoms with Gasteiger partial charge in [-0.15, -0.1) is 0 Å². The minimum Gasteiger partial charge on any atom is -0.456 e. The summed E-state index contributed by atoms with van der Waals surface area (Å²) in [6, 6.07) is 10.1. The lowest BCUT2D eigenvalue weighted by Gasteiger charge is -1.91. The fourth-order valence-corrected chi connectivity index (χ4v) is 3.64. The maximum Gasteiger partial charge on any atom is 0.250 e. The summed E-state index contributed by atoms with van der Waals surface area (Å²) < 4.78 is 13.9. The van der Waals surface area contributed by atoms with Crippen molar-refractivity contribution in [2.24, 2.45) is 0 Å². The van der Waals surface area contributed by atoms with Crippen molar-refractivity contribution in [3.63, 3.8) is 0 Å². The van der Waals surface area contributed by atoms with Crippen LogP contribution < -0.4 is 0 Å². The van der Waals surface area contributed by atoms with Crippen LogP contribution in [-0.4, -0.2) is 0 Å². The quantitative estimate of drug-likeness (QED) is 0.300. The van der Waals surface area contributed by atoms with E-state index >= 15 is 0 Å². The summed E-state index contributed by atoms with van der Waals surface area (Å²) in [4.78, 5) is 0. The third-order valence-electron chi connectivity index (χ3n) is 3.92. The van der Waals surface area contributed by atoms with E-state index in [2.05, 4.69) is 56.1 Å². The Hall–Kier alpha value is -1.87. The van der Waals surface area contributed by atoms with Gasteiger partial charge in [-0.3, -0.25) is 0 Å². The molecular formula is C18H7Br2O2+. The molecule has 0 radical (unpaired) electrons. The molecule has 1 aliphatic carbocycles. The van der Waals surface area contributed by atoms with Crippen LogP contribution in [0.4, 0.5) is 0 Å². The summed E-state index contributed by atoms with van der Waals surface area (Å²) in [5, 5.41) is 3.20. The first-order chi connectivity index (χ1) is 10.7. The molecule has 0 saturated heterocycles. The number of hydrogen-bond acceptors (Lipinski definition) is 2. The Bertz CT molecular complexity index is 1140. The SMILES string of the molecule is BrC1=Cc2c(oc3cc4c(cc23)oc2ccc(Br)cc24)C=[C+]1. The van der Waals surface area contributed by atoms with Gasteiger partial charge in [0.25, 0.3) is 0 Å². The van der Waals surface area contributed by atoms with E-state index in [0.29, 0.717) is 0 Å². The number of furan rings is 2. The Morgan fingerprint density at radius 2 is 1.59 bits per heavy atom. The van der Waals surface area contributed by atoms with Crippen LogP contribution >= 0.6 is 31.9 Å². The largest absolute Gasteiger partial charge is 0.456 e. The van der Waals surface area contributed by atoms with Crippen LogP contribution in [0.3, 0.4) is 0 Å². The van der Waals surface area contributed by atoms with Crippen molar-refractivity contribution in [1.29, 1.82) is 0 Å². The first-order valence-corrected chi connectivity index (χ1v) is 8.33. The molecule has 0 unspecified atom stereocenters. The molecule has 2 nitrogen and oxygen atoms in total. The maximum atomic E-state index is 5.98. The molecule has 0 spiro atoms. The van der Waals surface area contributed by atoms with Crippen LogP contribution in [0.2, 0.25) is 0 Å². The normalized spacial score (nSPS) is 13.6. The lowest BCUT2D eigenvalue weighted by molar-refractivity contribution is 0.603. The molecule has 0 atom stereocenters. The second kappa shape index (κ2) is 4.32. The smallest absolute Gasteiger partial charge is 0.250 e. The molecule has 0 fully saturated rings. The molecule has 0 bridgehead atoms. The second-order valence-corrected chi connectivity index (χ2v) is 7.02. The van der Waals surface area contributed by atoms with Crippen LogP contribution in [-0.2, 0) is 0 Å². The fraction of sp³-hybridized carbons (Fsp3) is 0. The molecule has 0 N–H and O–H groups in total. The van der Waals surface area contributed by atoms with Gasteiger partial charge in [0.1, 0.15) is 22.8 Å². The van der Waals surface area contributed by atoms with Gasteiger partial charge in [0.2, 0.25) is 5.76 Å². The van der Waals surface area contributed by atoms with Crippen LogP contribution in [0, 0.1) is 6.08 Å². The van der Waals surface area contributed by atoms with Gasteiger partial charge in [-0.2, -0.15) is 0 Å². The molecule has 0 amide bonds. The van der Waals surface area contributed by atoms with Crippen molar-refractivity contribution in [2.75, 3.05) is 0 Å². The number of hydrogen-bond donors (Lipinski definition) is 0. The highest BCUT2D eigenvalue weighted by atomic mass is 79.9. The Morgan fingerprint density at radius 3 is 2.50 bits per heavy atom. The Kier molecular flexibility index (Phi) is 2.49. The summed E-state index contributed by atoms with van der Waals surface area (Å²) in [5.41, 5.74) is 3.66. The number of allylic oxidation sites excluding steroid dienone is 2. The van der Waals surface area contributed by atoms with Gasteiger partial charge in [-0.1, -0.05) is 15.9 Å². The topological polar surface area (TPSA) is 26.3 Å². The Labute approximate surface area is 142 Å².